The van der Waals surface area contributed by atoms with Gasteiger partial charge in [0, 0.05) is 17.5 Å². The first kappa shape index (κ1) is 23.9. The number of carbonyl (C=O) groups is 2. The molecule has 2 heterocycles. The minimum absolute atomic E-state index is 0.00233. The molecule has 0 aliphatic rings. The summed E-state index contributed by atoms with van der Waals surface area (Å²) in [6, 6.07) is 15.1. The van der Waals surface area contributed by atoms with E-state index in [1.165, 1.54) is 30.5 Å². The monoisotopic (exact) mass is 495 g/mol. The van der Waals surface area contributed by atoms with Gasteiger partial charge in [0.15, 0.2) is 5.69 Å². The van der Waals surface area contributed by atoms with E-state index in [4.69, 9.17) is 4.42 Å². The molecule has 2 aromatic carbocycles. The number of nitrogens with one attached hydrogen (secondary N) is 3. The molecule has 0 spiro atoms. The zero-order chi connectivity index (χ0) is 25.0. The highest BCUT2D eigenvalue weighted by Crippen LogP contribution is 2.14. The van der Waals surface area contributed by atoms with Gasteiger partial charge in [0.1, 0.15) is 5.76 Å². The molecule has 0 saturated heterocycles. The van der Waals surface area contributed by atoms with Gasteiger partial charge in [-0.25, -0.2) is 17.8 Å². The molecule has 2 amide bonds. The van der Waals surface area contributed by atoms with E-state index in [0.29, 0.717) is 16.5 Å². The van der Waals surface area contributed by atoms with Crippen LogP contribution in [0.25, 0.3) is 10.8 Å². The smallest absolute Gasteiger partial charge is 0.290 e. The van der Waals surface area contributed by atoms with Crippen LogP contribution in [0.15, 0.2) is 81.0 Å². The third kappa shape index (κ3) is 5.13. The van der Waals surface area contributed by atoms with Gasteiger partial charge in [-0.2, -0.15) is 5.10 Å². The number of aromatic nitrogens is 2. The normalized spacial score (nSPS) is 11.3. The van der Waals surface area contributed by atoms with E-state index < -0.39 is 21.8 Å². The van der Waals surface area contributed by atoms with Crippen LogP contribution in [0.4, 0.5) is 0 Å². The largest absolute Gasteiger partial charge is 0.468 e. The molecule has 0 fully saturated rings. The standard InChI is InChI=1S/C23H21N5O6S/c1-2-28-23(31)19-11-4-3-10-18(19)20(27-28)22(30)26-25-21(29)15-7-5-9-17(13-15)35(32,33)24-14-16-8-6-12-34-16/h3-13,24H,2,14H2,1H3,(H,25,29)(H,26,30). The summed E-state index contributed by atoms with van der Waals surface area (Å²) < 4.78 is 33.8. The number of fused-ring (bicyclic) bond motifs is 1. The van der Waals surface area contributed by atoms with Crippen molar-refractivity contribution in [2.24, 2.45) is 0 Å². The van der Waals surface area contributed by atoms with Gasteiger partial charge in [-0.05, 0) is 43.3 Å². The van der Waals surface area contributed by atoms with Crippen LogP contribution in [0, 0.1) is 0 Å². The molecule has 0 radical (unpaired) electrons. The van der Waals surface area contributed by atoms with Gasteiger partial charge in [-0.1, -0.05) is 24.3 Å². The Morgan fingerprint density at radius 1 is 0.971 bits per heavy atom. The van der Waals surface area contributed by atoms with E-state index in [1.54, 1.807) is 43.3 Å². The molecule has 0 saturated carbocycles. The second-order valence-electron chi connectivity index (χ2n) is 7.36. The fourth-order valence-electron chi connectivity index (χ4n) is 3.33. The number of hydrazine groups is 1. The predicted molar refractivity (Wildman–Crippen MR) is 126 cm³/mol. The number of benzene rings is 2. The maximum atomic E-state index is 12.8. The van der Waals surface area contributed by atoms with Crippen molar-refractivity contribution >= 4 is 32.6 Å². The zero-order valence-electron chi connectivity index (χ0n) is 18.5. The number of hydrogen-bond donors (Lipinski definition) is 3. The fraction of sp³-hybridized carbons (Fsp3) is 0.130. The van der Waals surface area contributed by atoms with Gasteiger partial charge in [0.25, 0.3) is 17.4 Å². The number of furan rings is 1. The van der Waals surface area contributed by atoms with Crippen molar-refractivity contribution in [3.63, 3.8) is 0 Å². The summed E-state index contributed by atoms with van der Waals surface area (Å²) >= 11 is 0. The van der Waals surface area contributed by atoms with Crippen molar-refractivity contribution in [1.29, 1.82) is 0 Å². The van der Waals surface area contributed by atoms with Crippen LogP contribution < -0.4 is 21.1 Å². The SMILES string of the molecule is CCn1nc(C(=O)NNC(=O)c2cccc(S(=O)(=O)NCc3ccco3)c2)c2ccccc2c1=O. The molecular weight excluding hydrogens is 474 g/mol. The molecule has 180 valence electrons. The molecule has 0 aliphatic carbocycles. The number of nitrogens with zero attached hydrogens (tertiary/aromatic N) is 2. The third-order valence-corrected chi connectivity index (χ3v) is 6.49. The zero-order valence-corrected chi connectivity index (χ0v) is 19.3. The van der Waals surface area contributed by atoms with E-state index in [1.807, 2.05) is 0 Å². The summed E-state index contributed by atoms with van der Waals surface area (Å²) in [7, 11) is -3.92. The Morgan fingerprint density at radius 2 is 1.71 bits per heavy atom. The highest BCUT2D eigenvalue weighted by atomic mass is 32.2. The third-order valence-electron chi connectivity index (χ3n) is 5.09. The summed E-state index contributed by atoms with van der Waals surface area (Å²) in [5, 5.41) is 4.76. The van der Waals surface area contributed by atoms with Crippen molar-refractivity contribution in [1.82, 2.24) is 25.4 Å². The predicted octanol–water partition coefficient (Wildman–Crippen LogP) is 1.56. The molecule has 3 N–H and O–H groups in total. The highest BCUT2D eigenvalue weighted by molar-refractivity contribution is 7.89. The average Bonchev–Trinajstić information content (AvgIpc) is 3.40. The van der Waals surface area contributed by atoms with Crippen LogP contribution in [-0.2, 0) is 23.1 Å². The topological polar surface area (TPSA) is 152 Å². The second-order valence-corrected chi connectivity index (χ2v) is 9.12. The van der Waals surface area contributed by atoms with Crippen LogP contribution in [0.5, 0.6) is 0 Å². The van der Waals surface area contributed by atoms with Gasteiger partial charge in [-0.3, -0.25) is 25.2 Å². The first-order valence-electron chi connectivity index (χ1n) is 10.5. The summed E-state index contributed by atoms with van der Waals surface area (Å²) in [6.07, 6.45) is 1.43. The van der Waals surface area contributed by atoms with Crippen LogP contribution in [-0.4, -0.2) is 30.0 Å². The second kappa shape index (κ2) is 9.91. The first-order chi connectivity index (χ1) is 16.8. The number of hydrogen-bond acceptors (Lipinski definition) is 7. The van der Waals surface area contributed by atoms with Crippen LogP contribution in [0.3, 0.4) is 0 Å². The van der Waals surface area contributed by atoms with Crippen molar-refractivity contribution in [3.05, 3.63) is 94.3 Å². The Bertz CT molecular complexity index is 1560. The van der Waals surface area contributed by atoms with E-state index in [2.05, 4.69) is 20.7 Å². The minimum Gasteiger partial charge on any atom is -0.468 e. The maximum Gasteiger partial charge on any atom is 0.290 e. The highest BCUT2D eigenvalue weighted by Gasteiger charge is 2.19. The molecule has 11 nitrogen and oxygen atoms in total. The molecule has 0 unspecified atom stereocenters. The molecular formula is C23H21N5O6S. The van der Waals surface area contributed by atoms with Crippen molar-refractivity contribution in [2.75, 3.05) is 0 Å². The molecule has 12 heteroatoms. The number of sulfonamides is 1. The Morgan fingerprint density at radius 3 is 2.43 bits per heavy atom. The molecule has 0 atom stereocenters. The van der Waals surface area contributed by atoms with E-state index in [0.717, 1.165) is 4.68 Å². The van der Waals surface area contributed by atoms with Crippen LogP contribution >= 0.6 is 0 Å². The quantitative estimate of drug-likeness (QED) is 0.329. The van der Waals surface area contributed by atoms with E-state index in [-0.39, 0.29) is 34.8 Å². The lowest BCUT2D eigenvalue weighted by Crippen LogP contribution is -2.42. The Labute approximate surface area is 199 Å². The summed E-state index contributed by atoms with van der Waals surface area (Å²) in [5.41, 5.74) is 4.15. The Kier molecular flexibility index (Phi) is 6.75. The summed E-state index contributed by atoms with van der Waals surface area (Å²) in [5.74, 6) is -1.05. The van der Waals surface area contributed by atoms with Gasteiger partial charge in [0.05, 0.1) is 23.1 Å². The molecule has 0 bridgehead atoms. The molecule has 4 rings (SSSR count). The van der Waals surface area contributed by atoms with Crippen LogP contribution in [0.1, 0.15) is 33.5 Å². The Balaban J connectivity index is 1.49. The van der Waals surface area contributed by atoms with Crippen LogP contribution in [0.2, 0.25) is 0 Å². The number of carbonyl (C=O) groups excluding carboxylic acids is 2. The number of rotatable bonds is 7. The van der Waals surface area contributed by atoms with Crippen molar-refractivity contribution in [2.45, 2.75) is 24.9 Å². The van der Waals surface area contributed by atoms with E-state index >= 15 is 0 Å². The number of aryl methyl sites for hydroxylation is 1. The molecule has 4 aromatic rings. The fourth-order valence-corrected chi connectivity index (χ4v) is 4.37. The lowest BCUT2D eigenvalue weighted by molar-refractivity contribution is 0.0843. The van der Waals surface area contributed by atoms with Gasteiger partial charge in [-0.15, -0.1) is 0 Å². The molecule has 2 aromatic heterocycles. The number of amides is 2. The van der Waals surface area contributed by atoms with E-state index in [9.17, 15) is 22.8 Å². The lowest BCUT2D eigenvalue weighted by Gasteiger charge is -2.11. The lowest BCUT2D eigenvalue weighted by atomic mass is 10.1. The summed E-state index contributed by atoms with van der Waals surface area (Å²) in [6.45, 7) is 1.92. The maximum absolute atomic E-state index is 12.8. The van der Waals surface area contributed by atoms with Gasteiger partial charge >= 0.3 is 0 Å². The van der Waals surface area contributed by atoms with Gasteiger partial charge < -0.3 is 4.42 Å². The van der Waals surface area contributed by atoms with Crippen molar-refractivity contribution in [3.8, 4) is 0 Å². The van der Waals surface area contributed by atoms with Gasteiger partial charge in [0.2, 0.25) is 10.0 Å². The first-order valence-corrected chi connectivity index (χ1v) is 12.0. The Hall–Kier alpha value is -4.29. The van der Waals surface area contributed by atoms with Crippen molar-refractivity contribution < 1.29 is 22.4 Å². The summed E-state index contributed by atoms with van der Waals surface area (Å²) in [4.78, 5) is 37.7. The molecule has 35 heavy (non-hydrogen) atoms. The minimum atomic E-state index is -3.92. The molecule has 0 aliphatic heterocycles. The average molecular weight is 496 g/mol.